The number of benzene rings is 10. The van der Waals surface area contributed by atoms with Crippen molar-refractivity contribution in [2.45, 2.75) is 10.3 Å². The van der Waals surface area contributed by atoms with E-state index in [1.807, 2.05) is 30.0 Å². The van der Waals surface area contributed by atoms with Gasteiger partial charge in [0.25, 0.3) is 0 Å². The predicted molar refractivity (Wildman–Crippen MR) is 268 cm³/mol. The van der Waals surface area contributed by atoms with Crippen LogP contribution in [0, 0.1) is 0 Å². The molecule has 64 heavy (non-hydrogen) atoms. The van der Waals surface area contributed by atoms with Gasteiger partial charge in [-0.2, -0.15) is 0 Å². The second-order valence-electron chi connectivity index (χ2n) is 16.5. The normalized spacial score (nSPS) is 13.5. The summed E-state index contributed by atoms with van der Waals surface area (Å²) in [5, 5.41) is 10.9. The third-order valence-electron chi connectivity index (χ3n) is 12.7. The second kappa shape index (κ2) is 14.8. The molecule has 0 radical (unpaired) electrons. The summed E-state index contributed by atoms with van der Waals surface area (Å²) in [6.07, 6.45) is 0. The minimum Gasteiger partial charge on any atom is -0.456 e. The van der Waals surface area contributed by atoms with E-state index in [0.29, 0.717) is 0 Å². The number of nitrogens with one attached hydrogen (secondary N) is 1. The van der Waals surface area contributed by atoms with E-state index in [0.717, 1.165) is 83.3 Å². The van der Waals surface area contributed by atoms with Crippen LogP contribution in [0.3, 0.4) is 0 Å². The lowest BCUT2D eigenvalue weighted by Gasteiger charge is -2.27. The van der Waals surface area contributed by atoms with Crippen LogP contribution in [0.15, 0.2) is 232 Å². The number of hydrogen-bond donors (Lipinski definition) is 1. The van der Waals surface area contributed by atoms with E-state index in [1.165, 1.54) is 37.9 Å². The van der Waals surface area contributed by atoms with Crippen molar-refractivity contribution in [3.05, 3.63) is 224 Å². The fourth-order valence-electron chi connectivity index (χ4n) is 9.56. The summed E-state index contributed by atoms with van der Waals surface area (Å²) in [5.74, 6) is 0. The third kappa shape index (κ3) is 6.16. The molecule has 5 heteroatoms. The molecule has 2 aromatic heterocycles. The summed E-state index contributed by atoms with van der Waals surface area (Å²) in [6, 6.07) is 78.1. The summed E-state index contributed by atoms with van der Waals surface area (Å²) < 4.78 is 13.0. The molecule has 0 saturated carbocycles. The Morgan fingerprint density at radius 3 is 1.86 bits per heavy atom. The monoisotopic (exact) mass is 838 g/mol. The van der Waals surface area contributed by atoms with E-state index in [1.54, 1.807) is 0 Å². The molecule has 1 unspecified atom stereocenters. The Morgan fingerprint density at radius 1 is 0.406 bits per heavy atom. The summed E-state index contributed by atoms with van der Waals surface area (Å²) >= 11 is 1.85. The van der Waals surface area contributed by atoms with Crippen LogP contribution in [0.1, 0.15) is 10.9 Å². The maximum atomic E-state index is 6.84. The average molecular weight is 839 g/mol. The molecule has 302 valence electrons. The Bertz CT molecular complexity index is 3760. The molecule has 0 saturated heterocycles. The van der Waals surface area contributed by atoms with Crippen LogP contribution in [-0.2, 0) is 0 Å². The topological polar surface area (TPSA) is 41.6 Å². The lowest BCUT2D eigenvalue weighted by Crippen LogP contribution is -2.10. The van der Waals surface area contributed by atoms with Gasteiger partial charge >= 0.3 is 0 Å². The van der Waals surface area contributed by atoms with Gasteiger partial charge < -0.3 is 19.1 Å². The smallest absolute Gasteiger partial charge is 0.145 e. The molecule has 0 spiro atoms. The van der Waals surface area contributed by atoms with Crippen molar-refractivity contribution in [1.29, 1.82) is 0 Å². The van der Waals surface area contributed by atoms with E-state index < -0.39 is 0 Å². The fraction of sp³-hybridized carbons (Fsp3) is 0.0169. The molecule has 13 rings (SSSR count). The summed E-state index contributed by atoms with van der Waals surface area (Å²) in [5.41, 5.74) is 15.9. The van der Waals surface area contributed by atoms with Crippen molar-refractivity contribution < 1.29 is 8.83 Å². The van der Waals surface area contributed by atoms with Crippen LogP contribution in [0.5, 0.6) is 0 Å². The molecular weight excluding hydrogens is 801 g/mol. The molecule has 0 aliphatic carbocycles. The van der Waals surface area contributed by atoms with E-state index >= 15 is 0 Å². The maximum absolute atomic E-state index is 6.84. The summed E-state index contributed by atoms with van der Waals surface area (Å²) in [7, 11) is 0. The van der Waals surface area contributed by atoms with Gasteiger partial charge in [0.2, 0.25) is 0 Å². The van der Waals surface area contributed by atoms with Gasteiger partial charge in [-0.15, -0.1) is 0 Å². The highest BCUT2D eigenvalue weighted by Crippen LogP contribution is 2.54. The summed E-state index contributed by atoms with van der Waals surface area (Å²) in [4.78, 5) is 3.56. The van der Waals surface area contributed by atoms with Crippen molar-refractivity contribution in [3.63, 3.8) is 0 Å². The van der Waals surface area contributed by atoms with Crippen LogP contribution in [0.4, 0.5) is 22.7 Å². The first kappa shape index (κ1) is 36.6. The van der Waals surface area contributed by atoms with Gasteiger partial charge in [-0.3, -0.25) is 0 Å². The van der Waals surface area contributed by atoms with E-state index in [-0.39, 0.29) is 5.37 Å². The maximum Gasteiger partial charge on any atom is 0.145 e. The average Bonchev–Trinajstić information content (AvgIpc) is 4.08. The Balaban J connectivity index is 0.933. The van der Waals surface area contributed by atoms with Crippen molar-refractivity contribution in [2.75, 3.05) is 10.2 Å². The molecule has 1 aliphatic rings. The van der Waals surface area contributed by atoms with Crippen LogP contribution in [-0.4, -0.2) is 0 Å². The third-order valence-corrected chi connectivity index (χ3v) is 13.9. The first-order valence-electron chi connectivity index (χ1n) is 21.7. The van der Waals surface area contributed by atoms with Gasteiger partial charge in [-0.25, -0.2) is 0 Å². The highest BCUT2D eigenvalue weighted by molar-refractivity contribution is 8.00. The molecule has 0 amide bonds. The molecule has 1 aliphatic heterocycles. The zero-order valence-corrected chi connectivity index (χ0v) is 35.4. The van der Waals surface area contributed by atoms with Crippen LogP contribution in [0.25, 0.3) is 88.0 Å². The number of anilines is 4. The van der Waals surface area contributed by atoms with Crippen molar-refractivity contribution in [2.24, 2.45) is 0 Å². The second-order valence-corrected chi connectivity index (χ2v) is 17.7. The van der Waals surface area contributed by atoms with Crippen LogP contribution < -0.4 is 10.2 Å². The lowest BCUT2D eigenvalue weighted by atomic mass is 9.99. The molecule has 12 aromatic rings. The van der Waals surface area contributed by atoms with E-state index in [9.17, 15) is 0 Å². The van der Waals surface area contributed by atoms with Gasteiger partial charge in [0.1, 0.15) is 27.7 Å². The van der Waals surface area contributed by atoms with Crippen LogP contribution in [0.2, 0.25) is 0 Å². The molecule has 1 atom stereocenters. The van der Waals surface area contributed by atoms with Gasteiger partial charge in [0, 0.05) is 43.7 Å². The minimum absolute atomic E-state index is 0.0106. The standard InChI is InChI=1S/C59H38N2O2S/c1-2-12-37(13-3-1)41-16-10-18-46(33-41)61(45-29-26-39(27-30-45)42-25-24-38-14-4-5-15-40(38)32-42)47-19-11-17-43(34-47)50-36-55-57(56-49-21-7-9-23-53(49)63-58(50)56)60-59(64-55)44-28-31-54-51(35-44)48-20-6-8-22-52(48)62-54/h1-36,59-60H. The highest BCUT2D eigenvalue weighted by Gasteiger charge is 2.30. The highest BCUT2D eigenvalue weighted by atomic mass is 32.2. The molecule has 3 heterocycles. The number of rotatable bonds is 7. The summed E-state index contributed by atoms with van der Waals surface area (Å²) in [6.45, 7) is 0. The first-order valence-corrected chi connectivity index (χ1v) is 22.5. The molecule has 1 N–H and O–H groups in total. The van der Waals surface area contributed by atoms with E-state index in [2.05, 4.69) is 210 Å². The van der Waals surface area contributed by atoms with Crippen molar-refractivity contribution >= 4 is 89.2 Å². The largest absolute Gasteiger partial charge is 0.456 e. The first-order chi connectivity index (χ1) is 31.7. The number of furan rings is 2. The van der Waals surface area contributed by atoms with Crippen LogP contribution >= 0.6 is 11.8 Å². The SMILES string of the molecule is c1ccc(-c2cccc(N(c3ccc(-c4ccc5ccccc5c4)cc3)c3cccc(-c4cc5c(c6c4oc4ccccc46)NC(c4ccc6oc7ccccc7c6c4)S5)c3)c2)cc1. The number of para-hydroxylation sites is 2. The van der Waals surface area contributed by atoms with E-state index in [4.69, 9.17) is 8.83 Å². The molecule has 0 fully saturated rings. The Morgan fingerprint density at radius 2 is 1.03 bits per heavy atom. The lowest BCUT2D eigenvalue weighted by molar-refractivity contribution is 0.668. The number of thioether (sulfide) groups is 1. The number of hydrogen-bond acceptors (Lipinski definition) is 5. The number of fused-ring (bicyclic) bond motifs is 9. The Labute approximate surface area is 374 Å². The fourth-order valence-corrected chi connectivity index (χ4v) is 10.7. The Kier molecular flexibility index (Phi) is 8.49. The van der Waals surface area contributed by atoms with Gasteiger partial charge in [0.15, 0.2) is 0 Å². The van der Waals surface area contributed by atoms with Crippen molar-refractivity contribution in [3.8, 4) is 33.4 Å². The zero-order valence-electron chi connectivity index (χ0n) is 34.5. The van der Waals surface area contributed by atoms with Gasteiger partial charge in [0.05, 0.1) is 11.1 Å². The minimum atomic E-state index is 0.0106. The van der Waals surface area contributed by atoms with Gasteiger partial charge in [-0.05, 0) is 117 Å². The number of nitrogens with zero attached hydrogens (tertiary/aromatic N) is 1. The predicted octanol–water partition coefficient (Wildman–Crippen LogP) is 17.3. The van der Waals surface area contributed by atoms with Crippen molar-refractivity contribution in [1.82, 2.24) is 0 Å². The van der Waals surface area contributed by atoms with Gasteiger partial charge in [-0.1, -0.05) is 157 Å². The zero-order chi connectivity index (χ0) is 42.1. The quantitative estimate of drug-likeness (QED) is 0.173. The molecular formula is C59H38N2O2S. The molecule has 0 bridgehead atoms. The molecule has 4 nitrogen and oxygen atoms in total. The molecule has 10 aromatic carbocycles. The Hall–Kier alpha value is -7.99.